The normalized spacial score (nSPS) is 16.8. The molecule has 0 spiro atoms. The van der Waals surface area contributed by atoms with E-state index in [2.05, 4.69) is 15.2 Å². The van der Waals surface area contributed by atoms with Crippen molar-refractivity contribution in [3.8, 4) is 0 Å². The fraction of sp³-hybridized carbons (Fsp3) is 0.583. The molecular weight excluding hydrogens is 257 g/mol. The molecule has 1 saturated heterocycles. The summed E-state index contributed by atoms with van der Waals surface area (Å²) in [6.45, 7) is 3.50. The van der Waals surface area contributed by atoms with Gasteiger partial charge in [-0.15, -0.1) is 0 Å². The Kier molecular flexibility index (Phi) is 4.14. The van der Waals surface area contributed by atoms with Crippen LogP contribution in [0.3, 0.4) is 0 Å². The standard InChI is InChI=1S/C12H17F3N4/c13-12(14,15)11-7-10(9(16)8-18-11)17-3-6-19-4-1-2-5-19/h7-8H,1-6,16H2,(H,17,18). The molecule has 0 bridgehead atoms. The van der Waals surface area contributed by atoms with Crippen LogP contribution in [0.1, 0.15) is 18.5 Å². The highest BCUT2D eigenvalue weighted by atomic mass is 19.4. The predicted octanol–water partition coefficient (Wildman–Crippen LogP) is 2.19. The van der Waals surface area contributed by atoms with Crippen molar-refractivity contribution in [2.24, 2.45) is 0 Å². The smallest absolute Gasteiger partial charge is 0.396 e. The highest BCUT2D eigenvalue weighted by Gasteiger charge is 2.32. The molecule has 1 fully saturated rings. The van der Waals surface area contributed by atoms with Gasteiger partial charge in [-0.1, -0.05) is 0 Å². The number of nitrogens with zero attached hydrogens (tertiary/aromatic N) is 2. The number of nitrogen functional groups attached to an aromatic ring is 1. The third kappa shape index (κ3) is 3.73. The number of anilines is 2. The van der Waals surface area contributed by atoms with Crippen molar-refractivity contribution in [1.82, 2.24) is 9.88 Å². The number of nitrogens with one attached hydrogen (secondary N) is 1. The van der Waals surface area contributed by atoms with Gasteiger partial charge in [-0.3, -0.25) is 0 Å². The minimum absolute atomic E-state index is 0.231. The lowest BCUT2D eigenvalue weighted by Crippen LogP contribution is -2.26. The van der Waals surface area contributed by atoms with Crippen LogP contribution in [-0.4, -0.2) is 36.1 Å². The molecular formula is C12H17F3N4. The number of likely N-dealkylation sites (tertiary alicyclic amines) is 1. The van der Waals surface area contributed by atoms with Gasteiger partial charge in [-0.2, -0.15) is 13.2 Å². The summed E-state index contributed by atoms with van der Waals surface area (Å²) >= 11 is 0. The number of hydrogen-bond acceptors (Lipinski definition) is 4. The van der Waals surface area contributed by atoms with Crippen molar-refractivity contribution >= 4 is 11.4 Å². The van der Waals surface area contributed by atoms with Gasteiger partial charge in [-0.05, 0) is 32.0 Å². The highest BCUT2D eigenvalue weighted by molar-refractivity contribution is 5.65. The van der Waals surface area contributed by atoms with Crippen LogP contribution in [0.15, 0.2) is 12.3 Å². The molecule has 0 atom stereocenters. The SMILES string of the molecule is Nc1cnc(C(F)(F)F)cc1NCCN1CCCC1. The van der Waals surface area contributed by atoms with Gasteiger partial charge in [0.2, 0.25) is 0 Å². The van der Waals surface area contributed by atoms with Gasteiger partial charge in [0.1, 0.15) is 5.69 Å². The fourth-order valence-electron chi connectivity index (χ4n) is 2.13. The first-order valence-electron chi connectivity index (χ1n) is 6.26. The zero-order valence-corrected chi connectivity index (χ0v) is 10.5. The van der Waals surface area contributed by atoms with E-state index in [-0.39, 0.29) is 5.69 Å². The maximum absolute atomic E-state index is 12.5. The minimum Gasteiger partial charge on any atom is -0.396 e. The van der Waals surface area contributed by atoms with E-state index in [1.165, 1.54) is 12.8 Å². The molecule has 0 amide bonds. The van der Waals surface area contributed by atoms with E-state index in [0.29, 0.717) is 12.2 Å². The molecule has 2 heterocycles. The van der Waals surface area contributed by atoms with Crippen LogP contribution in [0.25, 0.3) is 0 Å². The molecule has 19 heavy (non-hydrogen) atoms. The summed E-state index contributed by atoms with van der Waals surface area (Å²) in [5.74, 6) is 0. The number of nitrogens with two attached hydrogens (primary N) is 1. The number of alkyl halides is 3. The molecule has 0 aromatic carbocycles. The van der Waals surface area contributed by atoms with E-state index in [9.17, 15) is 13.2 Å². The molecule has 1 aromatic heterocycles. The largest absolute Gasteiger partial charge is 0.433 e. The fourth-order valence-corrected chi connectivity index (χ4v) is 2.13. The average Bonchev–Trinajstić information content (AvgIpc) is 2.83. The summed E-state index contributed by atoms with van der Waals surface area (Å²) in [6.07, 6.45) is -1.02. The van der Waals surface area contributed by atoms with Gasteiger partial charge < -0.3 is 16.0 Å². The molecule has 106 valence electrons. The molecule has 0 radical (unpaired) electrons. The van der Waals surface area contributed by atoms with Crippen LogP contribution in [0, 0.1) is 0 Å². The molecule has 2 rings (SSSR count). The lowest BCUT2D eigenvalue weighted by molar-refractivity contribution is -0.141. The van der Waals surface area contributed by atoms with E-state index in [4.69, 9.17) is 5.73 Å². The molecule has 1 aromatic rings. The molecule has 1 aliphatic heterocycles. The van der Waals surface area contributed by atoms with E-state index >= 15 is 0 Å². The zero-order chi connectivity index (χ0) is 13.9. The van der Waals surface area contributed by atoms with Crippen molar-refractivity contribution in [3.63, 3.8) is 0 Å². The Bertz CT molecular complexity index is 427. The van der Waals surface area contributed by atoms with Crippen molar-refractivity contribution in [3.05, 3.63) is 18.0 Å². The Morgan fingerprint density at radius 1 is 1.32 bits per heavy atom. The second-order valence-electron chi connectivity index (χ2n) is 4.63. The first-order chi connectivity index (χ1) is 8.97. The summed E-state index contributed by atoms with van der Waals surface area (Å²) < 4.78 is 37.6. The average molecular weight is 274 g/mol. The van der Waals surface area contributed by atoms with Crippen LogP contribution in [0.4, 0.5) is 24.5 Å². The maximum Gasteiger partial charge on any atom is 0.433 e. The van der Waals surface area contributed by atoms with Gasteiger partial charge in [0.25, 0.3) is 0 Å². The summed E-state index contributed by atoms with van der Waals surface area (Å²) in [4.78, 5) is 5.57. The second kappa shape index (κ2) is 5.64. The Morgan fingerprint density at radius 2 is 2.00 bits per heavy atom. The molecule has 0 saturated carbocycles. The van der Waals surface area contributed by atoms with Gasteiger partial charge >= 0.3 is 6.18 Å². The van der Waals surface area contributed by atoms with Crippen molar-refractivity contribution in [1.29, 1.82) is 0 Å². The Hall–Kier alpha value is -1.50. The van der Waals surface area contributed by atoms with Crippen LogP contribution < -0.4 is 11.1 Å². The topological polar surface area (TPSA) is 54.2 Å². The molecule has 3 N–H and O–H groups in total. The van der Waals surface area contributed by atoms with E-state index in [0.717, 1.165) is 31.9 Å². The van der Waals surface area contributed by atoms with Crippen LogP contribution in [0.2, 0.25) is 0 Å². The van der Waals surface area contributed by atoms with Gasteiger partial charge in [0.15, 0.2) is 0 Å². The molecule has 4 nitrogen and oxygen atoms in total. The lowest BCUT2D eigenvalue weighted by Gasteiger charge is -2.16. The number of hydrogen-bond donors (Lipinski definition) is 2. The third-order valence-electron chi connectivity index (χ3n) is 3.17. The Balaban J connectivity index is 1.94. The van der Waals surface area contributed by atoms with Crippen LogP contribution in [-0.2, 0) is 6.18 Å². The quantitative estimate of drug-likeness (QED) is 0.883. The minimum atomic E-state index is -4.45. The molecule has 0 aliphatic carbocycles. The van der Waals surface area contributed by atoms with E-state index < -0.39 is 11.9 Å². The Labute approximate surface area is 109 Å². The van der Waals surface area contributed by atoms with Gasteiger partial charge in [0, 0.05) is 13.1 Å². The van der Waals surface area contributed by atoms with Gasteiger partial charge in [-0.25, -0.2) is 4.98 Å². The summed E-state index contributed by atoms with van der Waals surface area (Å²) in [5.41, 5.74) is 5.22. The van der Waals surface area contributed by atoms with Crippen molar-refractivity contribution in [2.45, 2.75) is 19.0 Å². The van der Waals surface area contributed by atoms with E-state index in [1.54, 1.807) is 0 Å². The number of aromatic nitrogens is 1. The molecule has 7 heteroatoms. The summed E-state index contributed by atoms with van der Waals surface area (Å²) in [7, 11) is 0. The van der Waals surface area contributed by atoms with Gasteiger partial charge in [0.05, 0.1) is 17.6 Å². The number of pyridine rings is 1. The molecule has 0 unspecified atom stereocenters. The second-order valence-corrected chi connectivity index (χ2v) is 4.63. The van der Waals surface area contributed by atoms with Crippen LogP contribution >= 0.6 is 0 Å². The lowest BCUT2D eigenvalue weighted by atomic mass is 10.2. The Morgan fingerprint density at radius 3 is 2.63 bits per heavy atom. The number of halogens is 3. The first kappa shape index (κ1) is 13.9. The molecule has 1 aliphatic rings. The highest BCUT2D eigenvalue weighted by Crippen LogP contribution is 2.30. The zero-order valence-electron chi connectivity index (χ0n) is 10.5. The predicted molar refractivity (Wildman–Crippen MR) is 67.8 cm³/mol. The first-order valence-corrected chi connectivity index (χ1v) is 6.26. The summed E-state index contributed by atoms with van der Waals surface area (Å²) in [5, 5.41) is 2.95. The maximum atomic E-state index is 12.5. The van der Waals surface area contributed by atoms with Crippen LogP contribution in [0.5, 0.6) is 0 Å². The summed E-state index contributed by atoms with van der Waals surface area (Å²) in [6, 6.07) is 0.958. The monoisotopic (exact) mass is 274 g/mol. The van der Waals surface area contributed by atoms with E-state index in [1.807, 2.05) is 0 Å². The number of rotatable bonds is 4. The third-order valence-corrected chi connectivity index (χ3v) is 3.17. The van der Waals surface area contributed by atoms with Crippen molar-refractivity contribution < 1.29 is 13.2 Å². The van der Waals surface area contributed by atoms with Crippen molar-refractivity contribution in [2.75, 3.05) is 37.2 Å².